The molecule has 2 aromatic heterocycles. The van der Waals surface area contributed by atoms with Crippen LogP contribution in [0.1, 0.15) is 6.42 Å². The fourth-order valence-electron chi connectivity index (χ4n) is 3.04. The summed E-state index contributed by atoms with van der Waals surface area (Å²) in [5.74, 6) is 0. The Morgan fingerprint density at radius 3 is 2.50 bits per heavy atom. The van der Waals surface area contributed by atoms with Crippen LogP contribution in [-0.4, -0.2) is 46.2 Å². The molecule has 2 heterocycles. The van der Waals surface area contributed by atoms with Gasteiger partial charge in [0.1, 0.15) is 11.0 Å². The van der Waals surface area contributed by atoms with E-state index in [9.17, 15) is 9.59 Å². The maximum atomic E-state index is 12.8. The van der Waals surface area contributed by atoms with Gasteiger partial charge in [0.2, 0.25) is 0 Å². The second-order valence-electron chi connectivity index (χ2n) is 6.48. The lowest BCUT2D eigenvalue weighted by molar-refractivity contribution is 0.403. The number of rotatable bonds is 4. The average molecular weight is 378 g/mol. The van der Waals surface area contributed by atoms with E-state index in [0.29, 0.717) is 22.9 Å². The van der Waals surface area contributed by atoms with Crippen molar-refractivity contribution in [2.45, 2.75) is 6.42 Å². The first-order valence-corrected chi connectivity index (χ1v) is 8.27. The second kappa shape index (κ2) is 7.88. The summed E-state index contributed by atoms with van der Waals surface area (Å²) in [6.07, 6.45) is 0.896. The third kappa shape index (κ3) is 3.45. The SMILES string of the molecule is CN(C)CCCN=c1c2ccccc2n(C)c2[nH]c(=O)n(C)c(=O)c12.Cl. The summed E-state index contributed by atoms with van der Waals surface area (Å²) in [7, 11) is 7.36. The summed E-state index contributed by atoms with van der Waals surface area (Å²) in [5.41, 5.74) is 0.664. The lowest BCUT2D eigenvalue weighted by atomic mass is 10.1. The molecule has 7 nitrogen and oxygen atoms in total. The van der Waals surface area contributed by atoms with Gasteiger partial charge in [-0.15, -0.1) is 12.4 Å². The van der Waals surface area contributed by atoms with Crippen LogP contribution in [0.15, 0.2) is 38.8 Å². The Balaban J connectivity index is 0.00000243. The molecule has 8 heteroatoms. The van der Waals surface area contributed by atoms with E-state index in [1.165, 1.54) is 7.05 Å². The van der Waals surface area contributed by atoms with E-state index >= 15 is 0 Å². The highest BCUT2D eigenvalue weighted by atomic mass is 35.5. The second-order valence-corrected chi connectivity index (χ2v) is 6.48. The molecule has 3 rings (SSSR count). The molecule has 3 aromatic rings. The molecule has 0 amide bonds. The molecular weight excluding hydrogens is 354 g/mol. The molecule has 0 bridgehead atoms. The van der Waals surface area contributed by atoms with Crippen molar-refractivity contribution >= 4 is 34.3 Å². The van der Waals surface area contributed by atoms with Crippen LogP contribution in [0.5, 0.6) is 0 Å². The van der Waals surface area contributed by atoms with Crippen LogP contribution in [0.3, 0.4) is 0 Å². The zero-order valence-electron chi connectivity index (χ0n) is 15.4. The van der Waals surface area contributed by atoms with Gasteiger partial charge in [-0.2, -0.15) is 0 Å². The van der Waals surface area contributed by atoms with Crippen molar-refractivity contribution in [3.05, 3.63) is 50.5 Å². The highest BCUT2D eigenvalue weighted by Crippen LogP contribution is 2.13. The number of aromatic nitrogens is 3. The third-order valence-corrected chi connectivity index (χ3v) is 4.41. The van der Waals surface area contributed by atoms with E-state index in [0.717, 1.165) is 28.4 Å². The largest absolute Gasteiger partial charge is 0.330 e. The number of para-hydroxylation sites is 1. The van der Waals surface area contributed by atoms with Crippen molar-refractivity contribution in [2.24, 2.45) is 19.1 Å². The molecular formula is C18H24ClN5O2. The van der Waals surface area contributed by atoms with Gasteiger partial charge < -0.3 is 9.47 Å². The van der Waals surface area contributed by atoms with Crippen LogP contribution in [0.2, 0.25) is 0 Å². The van der Waals surface area contributed by atoms with Crippen LogP contribution < -0.4 is 16.6 Å². The minimum absolute atomic E-state index is 0. The Morgan fingerprint density at radius 1 is 1.12 bits per heavy atom. The summed E-state index contributed by atoms with van der Waals surface area (Å²) in [6, 6.07) is 7.79. The summed E-state index contributed by atoms with van der Waals surface area (Å²) in [5, 5.41) is 2.01. The monoisotopic (exact) mass is 377 g/mol. The molecule has 0 aliphatic heterocycles. The number of aryl methyl sites for hydroxylation is 1. The van der Waals surface area contributed by atoms with Gasteiger partial charge in [-0.05, 0) is 33.1 Å². The molecule has 0 spiro atoms. The minimum Gasteiger partial charge on any atom is -0.330 e. The molecule has 1 aromatic carbocycles. The number of H-pyrrole nitrogens is 1. The van der Waals surface area contributed by atoms with Crippen molar-refractivity contribution in [3.8, 4) is 0 Å². The fourth-order valence-corrected chi connectivity index (χ4v) is 3.04. The molecule has 0 unspecified atom stereocenters. The van der Waals surface area contributed by atoms with Gasteiger partial charge in [-0.25, -0.2) is 4.79 Å². The molecule has 0 aliphatic rings. The van der Waals surface area contributed by atoms with Gasteiger partial charge >= 0.3 is 5.69 Å². The van der Waals surface area contributed by atoms with Crippen LogP contribution >= 0.6 is 12.4 Å². The molecule has 0 saturated carbocycles. The fraction of sp³-hybridized carbons (Fsp3) is 0.389. The van der Waals surface area contributed by atoms with Crippen molar-refractivity contribution in [1.82, 2.24) is 19.0 Å². The molecule has 0 atom stereocenters. The Morgan fingerprint density at radius 2 is 1.81 bits per heavy atom. The summed E-state index contributed by atoms with van der Waals surface area (Å²) < 4.78 is 2.93. The maximum absolute atomic E-state index is 12.8. The van der Waals surface area contributed by atoms with E-state index < -0.39 is 5.69 Å². The zero-order valence-corrected chi connectivity index (χ0v) is 16.3. The van der Waals surface area contributed by atoms with Crippen molar-refractivity contribution in [3.63, 3.8) is 0 Å². The van der Waals surface area contributed by atoms with Crippen LogP contribution in [0.25, 0.3) is 21.9 Å². The Kier molecular flexibility index (Phi) is 6.05. The lowest BCUT2D eigenvalue weighted by Gasteiger charge is -2.12. The van der Waals surface area contributed by atoms with Gasteiger partial charge in [-0.1, -0.05) is 18.2 Å². The van der Waals surface area contributed by atoms with Crippen LogP contribution in [0.4, 0.5) is 0 Å². The van der Waals surface area contributed by atoms with Gasteiger partial charge in [0.05, 0.1) is 10.9 Å². The van der Waals surface area contributed by atoms with Gasteiger partial charge in [0.15, 0.2) is 0 Å². The number of hydrogen-bond acceptors (Lipinski definition) is 4. The van der Waals surface area contributed by atoms with Gasteiger partial charge in [0.25, 0.3) is 5.56 Å². The number of aromatic amines is 1. The summed E-state index contributed by atoms with van der Waals surface area (Å²) in [6.45, 7) is 1.54. The minimum atomic E-state index is -0.429. The number of benzene rings is 1. The van der Waals surface area contributed by atoms with E-state index in [-0.39, 0.29) is 18.0 Å². The van der Waals surface area contributed by atoms with Crippen molar-refractivity contribution < 1.29 is 0 Å². The normalized spacial score (nSPS) is 12.1. The number of fused-ring (bicyclic) bond motifs is 2. The number of nitrogens with one attached hydrogen (secondary N) is 1. The van der Waals surface area contributed by atoms with E-state index in [1.54, 1.807) is 0 Å². The third-order valence-electron chi connectivity index (χ3n) is 4.41. The number of halogens is 1. The zero-order chi connectivity index (χ0) is 18.1. The smallest absolute Gasteiger partial charge is 0.329 e. The highest BCUT2D eigenvalue weighted by Gasteiger charge is 2.13. The Hall–Kier alpha value is -2.38. The predicted molar refractivity (Wildman–Crippen MR) is 107 cm³/mol. The topological polar surface area (TPSA) is 75.4 Å². The first-order valence-electron chi connectivity index (χ1n) is 8.27. The van der Waals surface area contributed by atoms with Crippen molar-refractivity contribution in [1.29, 1.82) is 0 Å². The standard InChI is InChI=1S/C18H23N5O2.ClH/c1-21(2)11-7-10-19-15-12-8-5-6-9-13(12)22(3)16-14(15)17(24)23(4)18(25)20-16;/h5-6,8-9H,7,10-11H2,1-4H3,(H,20,25);1H. The molecule has 0 radical (unpaired) electrons. The number of hydrogen-bond donors (Lipinski definition) is 1. The van der Waals surface area contributed by atoms with Crippen LogP contribution in [0, 0.1) is 0 Å². The first kappa shape index (κ1) is 19.9. The van der Waals surface area contributed by atoms with Gasteiger partial charge in [-0.3, -0.25) is 19.3 Å². The molecule has 26 heavy (non-hydrogen) atoms. The maximum Gasteiger partial charge on any atom is 0.329 e. The van der Waals surface area contributed by atoms with E-state index in [1.807, 2.05) is 50.0 Å². The van der Waals surface area contributed by atoms with Gasteiger partial charge in [0, 0.05) is 26.0 Å². The number of pyridine rings is 1. The van der Waals surface area contributed by atoms with Crippen molar-refractivity contribution in [2.75, 3.05) is 27.2 Å². The summed E-state index contributed by atoms with van der Waals surface area (Å²) >= 11 is 0. The average Bonchev–Trinajstić information content (AvgIpc) is 2.59. The Bertz CT molecular complexity index is 1120. The number of nitrogens with zero attached hydrogens (tertiary/aromatic N) is 4. The van der Waals surface area contributed by atoms with E-state index in [2.05, 4.69) is 9.88 Å². The molecule has 140 valence electrons. The molecule has 0 fully saturated rings. The van der Waals surface area contributed by atoms with E-state index in [4.69, 9.17) is 4.99 Å². The lowest BCUT2D eigenvalue weighted by Crippen LogP contribution is -2.36. The van der Waals surface area contributed by atoms with Crippen LogP contribution in [-0.2, 0) is 14.1 Å². The highest BCUT2D eigenvalue weighted by molar-refractivity contribution is 5.90. The summed E-state index contributed by atoms with van der Waals surface area (Å²) in [4.78, 5) is 34.5. The molecule has 0 aliphatic carbocycles. The molecule has 1 N–H and O–H groups in total. The first-order chi connectivity index (χ1) is 11.9. The Labute approximate surface area is 157 Å². The quantitative estimate of drug-likeness (QED) is 0.544. The predicted octanol–water partition coefficient (Wildman–Crippen LogP) is 0.993. The molecule has 0 saturated heterocycles.